The van der Waals surface area contributed by atoms with Gasteiger partial charge in [-0.05, 0) is 31.0 Å². The highest BCUT2D eigenvalue weighted by Crippen LogP contribution is 2.39. The molecule has 9 heteroatoms. The summed E-state index contributed by atoms with van der Waals surface area (Å²) in [5.74, 6) is 0.235. The number of carbonyl (C=O) groups is 1. The second-order valence-corrected chi connectivity index (χ2v) is 7.02. The van der Waals surface area contributed by atoms with Gasteiger partial charge in [0.1, 0.15) is 5.56 Å². The van der Waals surface area contributed by atoms with E-state index in [1.54, 1.807) is 22.7 Å². The minimum atomic E-state index is -0.534. The molecule has 1 fully saturated rings. The topological polar surface area (TPSA) is 94.3 Å². The molecule has 0 spiro atoms. The first-order valence-corrected chi connectivity index (χ1v) is 9.44. The van der Waals surface area contributed by atoms with E-state index in [2.05, 4.69) is 25.4 Å². The van der Waals surface area contributed by atoms with Crippen LogP contribution in [0, 0.1) is 5.82 Å². The Morgan fingerprint density at radius 3 is 2.73 bits per heavy atom. The number of nitrogens with one attached hydrogen (secondary N) is 1. The first kappa shape index (κ1) is 18.2. The number of nitrogens with zero attached hydrogens (tertiary/aromatic N) is 5. The summed E-state index contributed by atoms with van der Waals surface area (Å²) in [5.41, 5.74) is 2.82. The molecular formula is C21H17FN6O2. The zero-order valence-corrected chi connectivity index (χ0v) is 16.0. The molecule has 5 rings (SSSR count). The third kappa shape index (κ3) is 3.24. The van der Waals surface area contributed by atoms with Crippen LogP contribution in [0.15, 0.2) is 49.1 Å². The van der Waals surface area contributed by atoms with Crippen LogP contribution in [0.5, 0.6) is 5.75 Å². The van der Waals surface area contributed by atoms with Crippen LogP contribution in [-0.2, 0) is 0 Å². The summed E-state index contributed by atoms with van der Waals surface area (Å²) < 4.78 is 20.3. The number of hydrogen-bond donors (Lipinski definition) is 1. The quantitative estimate of drug-likeness (QED) is 0.547. The largest absolute Gasteiger partial charge is 0.494 e. The number of hydrogen-bond acceptors (Lipinski definition) is 6. The van der Waals surface area contributed by atoms with E-state index in [0.717, 1.165) is 30.9 Å². The van der Waals surface area contributed by atoms with E-state index in [0.29, 0.717) is 34.1 Å². The number of anilines is 1. The summed E-state index contributed by atoms with van der Waals surface area (Å²) in [6.45, 7) is 0. The van der Waals surface area contributed by atoms with E-state index < -0.39 is 5.82 Å². The minimum absolute atomic E-state index is 0.288. The number of fused-ring (bicyclic) bond motifs is 1. The average molecular weight is 404 g/mol. The number of carbonyl (C=O) groups excluding carboxylic acids is 1. The number of aromatic nitrogens is 5. The fourth-order valence-electron chi connectivity index (χ4n) is 3.32. The van der Waals surface area contributed by atoms with Crippen LogP contribution in [0.3, 0.4) is 0 Å². The predicted octanol–water partition coefficient (Wildman–Crippen LogP) is 3.46. The maximum absolute atomic E-state index is 13.2. The molecule has 150 valence electrons. The summed E-state index contributed by atoms with van der Waals surface area (Å²) in [6.07, 6.45) is 7.71. The molecule has 30 heavy (non-hydrogen) atoms. The van der Waals surface area contributed by atoms with Crippen LogP contribution in [-0.4, -0.2) is 37.6 Å². The number of para-hydroxylation sites is 1. The predicted molar refractivity (Wildman–Crippen MR) is 107 cm³/mol. The molecule has 0 saturated heterocycles. The van der Waals surface area contributed by atoms with Crippen molar-refractivity contribution in [3.8, 4) is 17.1 Å². The normalized spacial score (nSPS) is 13.4. The zero-order valence-electron chi connectivity index (χ0n) is 16.0. The first-order chi connectivity index (χ1) is 14.6. The molecule has 0 unspecified atom stereocenters. The van der Waals surface area contributed by atoms with Crippen molar-refractivity contribution >= 4 is 17.2 Å². The number of rotatable bonds is 5. The highest BCUT2D eigenvalue weighted by Gasteiger charge is 2.26. The number of methoxy groups -OCH3 is 1. The van der Waals surface area contributed by atoms with Crippen LogP contribution in [0.25, 0.3) is 17.0 Å². The van der Waals surface area contributed by atoms with Gasteiger partial charge in [-0.2, -0.15) is 5.10 Å². The molecule has 1 saturated carbocycles. The van der Waals surface area contributed by atoms with Crippen molar-refractivity contribution in [1.82, 2.24) is 24.6 Å². The summed E-state index contributed by atoms with van der Waals surface area (Å²) >= 11 is 0. The Morgan fingerprint density at radius 2 is 2.00 bits per heavy atom. The molecule has 3 aromatic heterocycles. The van der Waals surface area contributed by atoms with Gasteiger partial charge < -0.3 is 10.1 Å². The third-order valence-electron chi connectivity index (χ3n) is 4.96. The van der Waals surface area contributed by atoms with E-state index in [9.17, 15) is 9.18 Å². The molecule has 1 N–H and O–H groups in total. The Kier molecular flexibility index (Phi) is 4.35. The van der Waals surface area contributed by atoms with Gasteiger partial charge in [0.05, 0.1) is 37.0 Å². The molecule has 1 aromatic carbocycles. The molecule has 4 aromatic rings. The van der Waals surface area contributed by atoms with Gasteiger partial charge in [-0.25, -0.2) is 23.9 Å². The van der Waals surface area contributed by atoms with Gasteiger partial charge in [-0.1, -0.05) is 6.07 Å². The third-order valence-corrected chi connectivity index (χ3v) is 4.96. The number of amides is 1. The zero-order chi connectivity index (χ0) is 20.7. The molecule has 0 bridgehead atoms. The van der Waals surface area contributed by atoms with Crippen molar-refractivity contribution in [1.29, 1.82) is 0 Å². The monoisotopic (exact) mass is 404 g/mol. The summed E-state index contributed by atoms with van der Waals surface area (Å²) in [5, 5.41) is 7.08. The minimum Gasteiger partial charge on any atom is -0.494 e. The lowest BCUT2D eigenvalue weighted by Crippen LogP contribution is -2.13. The van der Waals surface area contributed by atoms with Gasteiger partial charge in [-0.3, -0.25) is 4.79 Å². The van der Waals surface area contributed by atoms with E-state index in [1.807, 2.05) is 12.3 Å². The van der Waals surface area contributed by atoms with Gasteiger partial charge in [0.25, 0.3) is 5.91 Å². The number of benzene rings is 1. The SMILES string of the molecule is COc1c(NC(=O)c2cnn3ccc(C4CC4)nc23)cccc1-c1ncc(F)cn1. The van der Waals surface area contributed by atoms with Gasteiger partial charge in [0, 0.05) is 17.8 Å². The highest BCUT2D eigenvalue weighted by atomic mass is 19.1. The van der Waals surface area contributed by atoms with Crippen molar-refractivity contribution in [3.63, 3.8) is 0 Å². The van der Waals surface area contributed by atoms with Gasteiger partial charge >= 0.3 is 0 Å². The Balaban J connectivity index is 1.49. The second-order valence-electron chi connectivity index (χ2n) is 7.02. The Hall–Kier alpha value is -3.88. The van der Waals surface area contributed by atoms with Crippen molar-refractivity contribution < 1.29 is 13.9 Å². The standard InChI is InChI=1S/C21H17FN6O2/c1-30-18-14(19-23-9-13(22)10-24-19)3-2-4-17(18)27-21(29)15-11-25-28-8-7-16(12-5-6-12)26-20(15)28/h2-4,7-12H,5-6H2,1H3,(H,27,29). The average Bonchev–Trinajstić information content (AvgIpc) is 3.53. The van der Waals surface area contributed by atoms with E-state index in [-0.39, 0.29) is 11.7 Å². The molecule has 0 atom stereocenters. The van der Waals surface area contributed by atoms with Gasteiger partial charge in [0.2, 0.25) is 0 Å². The van der Waals surface area contributed by atoms with Crippen LogP contribution in [0.1, 0.15) is 34.8 Å². The fraction of sp³-hybridized carbons (Fsp3) is 0.190. The van der Waals surface area contributed by atoms with Crippen LogP contribution >= 0.6 is 0 Å². The van der Waals surface area contributed by atoms with E-state index >= 15 is 0 Å². The Morgan fingerprint density at radius 1 is 1.20 bits per heavy atom. The van der Waals surface area contributed by atoms with Crippen LogP contribution in [0.4, 0.5) is 10.1 Å². The molecule has 1 aliphatic carbocycles. The lowest BCUT2D eigenvalue weighted by Gasteiger charge is -2.13. The maximum atomic E-state index is 13.2. The number of ether oxygens (including phenoxy) is 1. The Bertz CT molecular complexity index is 1250. The fourth-order valence-corrected chi connectivity index (χ4v) is 3.32. The summed E-state index contributed by atoms with van der Waals surface area (Å²) in [7, 11) is 1.48. The second kappa shape index (κ2) is 7.18. The van der Waals surface area contributed by atoms with Crippen molar-refractivity contribution in [2.45, 2.75) is 18.8 Å². The lowest BCUT2D eigenvalue weighted by molar-refractivity contribution is 0.102. The van der Waals surface area contributed by atoms with Crippen LogP contribution < -0.4 is 10.1 Å². The molecule has 0 aliphatic heterocycles. The molecule has 3 heterocycles. The van der Waals surface area contributed by atoms with E-state index in [1.165, 1.54) is 13.3 Å². The lowest BCUT2D eigenvalue weighted by atomic mass is 10.1. The molecule has 1 amide bonds. The van der Waals surface area contributed by atoms with Crippen molar-refractivity contribution in [2.24, 2.45) is 0 Å². The summed E-state index contributed by atoms with van der Waals surface area (Å²) in [4.78, 5) is 25.6. The van der Waals surface area contributed by atoms with Crippen LogP contribution in [0.2, 0.25) is 0 Å². The van der Waals surface area contributed by atoms with E-state index in [4.69, 9.17) is 4.74 Å². The molecule has 8 nitrogen and oxygen atoms in total. The number of halogens is 1. The van der Waals surface area contributed by atoms with Gasteiger partial charge in [0.15, 0.2) is 23.0 Å². The molecule has 1 aliphatic rings. The molecule has 0 radical (unpaired) electrons. The van der Waals surface area contributed by atoms with Crippen molar-refractivity contribution in [2.75, 3.05) is 12.4 Å². The summed E-state index contributed by atoms with van der Waals surface area (Å²) in [6, 6.07) is 7.12. The molecular weight excluding hydrogens is 387 g/mol. The highest BCUT2D eigenvalue weighted by molar-refractivity contribution is 6.09. The smallest absolute Gasteiger partial charge is 0.261 e. The maximum Gasteiger partial charge on any atom is 0.261 e. The Labute approximate surface area is 170 Å². The first-order valence-electron chi connectivity index (χ1n) is 9.44. The van der Waals surface area contributed by atoms with Gasteiger partial charge in [-0.15, -0.1) is 0 Å². The van der Waals surface area contributed by atoms with Crippen molar-refractivity contribution in [3.05, 3.63) is 66.1 Å².